The molecular formula is C19H20ClN4O2S+. The van der Waals surface area contributed by atoms with Crippen LogP contribution >= 0.6 is 22.9 Å². The number of halogens is 1. The largest absolute Gasteiger partial charge is 0.369 e. The first-order valence-electron chi connectivity index (χ1n) is 8.90. The number of hydrogen-bond acceptors (Lipinski definition) is 4. The van der Waals surface area contributed by atoms with Crippen LogP contribution in [-0.2, 0) is 11.3 Å². The van der Waals surface area contributed by atoms with Crippen LogP contribution in [-0.4, -0.2) is 29.0 Å². The number of aromatic amines is 1. The zero-order valence-corrected chi connectivity index (χ0v) is 16.2. The molecule has 4 N–H and O–H groups in total. The number of aromatic nitrogens is 2. The first kappa shape index (κ1) is 18.2. The maximum atomic E-state index is 12.7. The van der Waals surface area contributed by atoms with Gasteiger partial charge in [-0.15, -0.1) is 11.3 Å². The van der Waals surface area contributed by atoms with Crippen LogP contribution in [0.15, 0.2) is 34.4 Å². The Balaban J connectivity index is 1.62. The quantitative estimate of drug-likeness (QED) is 0.617. The van der Waals surface area contributed by atoms with Crippen molar-refractivity contribution < 1.29 is 9.69 Å². The van der Waals surface area contributed by atoms with Crippen molar-refractivity contribution in [1.29, 1.82) is 0 Å². The second-order valence-corrected chi connectivity index (χ2v) is 8.27. The summed E-state index contributed by atoms with van der Waals surface area (Å²) >= 11 is 7.42. The summed E-state index contributed by atoms with van der Waals surface area (Å²) in [5.74, 6) is 0.314. The number of thiophene rings is 1. The molecule has 1 aromatic carbocycles. The molecule has 0 spiro atoms. The van der Waals surface area contributed by atoms with Crippen molar-refractivity contribution in [1.82, 2.24) is 9.97 Å². The molecule has 1 aliphatic heterocycles. The van der Waals surface area contributed by atoms with E-state index in [1.807, 2.05) is 29.6 Å². The van der Waals surface area contributed by atoms with Crippen LogP contribution in [0.3, 0.4) is 0 Å². The van der Waals surface area contributed by atoms with E-state index in [2.05, 4.69) is 9.97 Å². The number of piperidine rings is 1. The topological polar surface area (TPSA) is 93.3 Å². The van der Waals surface area contributed by atoms with Gasteiger partial charge in [-0.2, -0.15) is 0 Å². The van der Waals surface area contributed by atoms with E-state index < -0.39 is 0 Å². The number of nitrogens with one attached hydrogen (secondary N) is 2. The zero-order valence-electron chi connectivity index (χ0n) is 14.6. The summed E-state index contributed by atoms with van der Waals surface area (Å²) in [6.45, 7) is 2.23. The first-order chi connectivity index (χ1) is 13.0. The molecule has 8 heteroatoms. The third kappa shape index (κ3) is 3.76. The fourth-order valence-electron chi connectivity index (χ4n) is 3.71. The highest BCUT2D eigenvalue weighted by atomic mass is 35.5. The Kier molecular flexibility index (Phi) is 4.99. The van der Waals surface area contributed by atoms with Gasteiger partial charge in [0.2, 0.25) is 5.91 Å². The highest BCUT2D eigenvalue weighted by Gasteiger charge is 2.27. The van der Waals surface area contributed by atoms with Gasteiger partial charge in [-0.05, 0) is 30.5 Å². The van der Waals surface area contributed by atoms with Crippen LogP contribution in [0.25, 0.3) is 21.3 Å². The number of primary amides is 1. The molecule has 1 fully saturated rings. The van der Waals surface area contributed by atoms with Gasteiger partial charge in [0.05, 0.1) is 24.4 Å². The molecule has 1 amide bonds. The Morgan fingerprint density at radius 1 is 1.37 bits per heavy atom. The third-order valence-corrected chi connectivity index (χ3v) is 6.21. The average Bonchev–Trinajstić information content (AvgIpc) is 3.07. The Morgan fingerprint density at radius 3 is 2.89 bits per heavy atom. The van der Waals surface area contributed by atoms with E-state index in [1.54, 1.807) is 0 Å². The summed E-state index contributed by atoms with van der Waals surface area (Å²) in [6, 6.07) is 7.43. The lowest BCUT2D eigenvalue weighted by Crippen LogP contribution is -3.12. The van der Waals surface area contributed by atoms with Crippen LogP contribution < -0.4 is 16.2 Å². The predicted molar refractivity (Wildman–Crippen MR) is 107 cm³/mol. The molecule has 0 saturated carbocycles. The Labute approximate surface area is 165 Å². The SMILES string of the molecule is NC(=O)[C@@H]1CCC[NH+](Cc2nc3scc(-c4ccc(Cl)cc4)c3c(=O)[nH]2)C1. The van der Waals surface area contributed by atoms with Crippen LogP contribution in [0, 0.1) is 5.92 Å². The van der Waals surface area contributed by atoms with E-state index in [1.165, 1.54) is 16.2 Å². The molecule has 2 aromatic heterocycles. The molecule has 0 aliphatic carbocycles. The number of nitrogens with two attached hydrogens (primary N) is 1. The third-order valence-electron chi connectivity index (χ3n) is 5.09. The van der Waals surface area contributed by atoms with Crippen LogP contribution in [0.2, 0.25) is 5.02 Å². The number of carbonyl (C=O) groups is 1. The summed E-state index contributed by atoms with van der Waals surface area (Å²) in [5.41, 5.74) is 7.13. The molecule has 27 heavy (non-hydrogen) atoms. The van der Waals surface area contributed by atoms with Gasteiger partial charge in [-0.3, -0.25) is 9.59 Å². The number of likely N-dealkylation sites (tertiary alicyclic amines) is 1. The van der Waals surface area contributed by atoms with Gasteiger partial charge in [0.25, 0.3) is 5.56 Å². The van der Waals surface area contributed by atoms with Crippen molar-refractivity contribution in [3.8, 4) is 11.1 Å². The minimum Gasteiger partial charge on any atom is -0.369 e. The number of hydrogen-bond donors (Lipinski definition) is 3. The summed E-state index contributed by atoms with van der Waals surface area (Å²) in [4.78, 5) is 33.7. The molecule has 1 saturated heterocycles. The van der Waals surface area contributed by atoms with Crippen LogP contribution in [0.5, 0.6) is 0 Å². The Morgan fingerprint density at radius 2 is 2.15 bits per heavy atom. The second kappa shape index (κ2) is 7.42. The van der Waals surface area contributed by atoms with Gasteiger partial charge in [0, 0.05) is 16.0 Å². The van der Waals surface area contributed by atoms with E-state index in [4.69, 9.17) is 17.3 Å². The number of benzene rings is 1. The van der Waals surface area contributed by atoms with Gasteiger partial charge in [0.1, 0.15) is 11.4 Å². The molecular weight excluding hydrogens is 384 g/mol. The van der Waals surface area contributed by atoms with Gasteiger partial charge < -0.3 is 15.6 Å². The van der Waals surface area contributed by atoms with Gasteiger partial charge >= 0.3 is 0 Å². The van der Waals surface area contributed by atoms with Crippen molar-refractivity contribution in [2.24, 2.45) is 11.7 Å². The maximum absolute atomic E-state index is 12.7. The smallest absolute Gasteiger partial charge is 0.260 e. The van der Waals surface area contributed by atoms with Gasteiger partial charge in [-0.25, -0.2) is 4.98 Å². The molecule has 3 heterocycles. The number of H-pyrrole nitrogens is 1. The zero-order chi connectivity index (χ0) is 19.0. The van der Waals surface area contributed by atoms with Gasteiger partial charge in [-0.1, -0.05) is 23.7 Å². The molecule has 6 nitrogen and oxygen atoms in total. The fourth-order valence-corrected chi connectivity index (χ4v) is 4.80. The summed E-state index contributed by atoms with van der Waals surface area (Å²) in [5, 5.41) is 3.22. The monoisotopic (exact) mass is 403 g/mol. The number of rotatable bonds is 4. The molecule has 1 unspecified atom stereocenters. The lowest BCUT2D eigenvalue weighted by Gasteiger charge is -2.27. The maximum Gasteiger partial charge on any atom is 0.260 e. The summed E-state index contributed by atoms with van der Waals surface area (Å²) < 4.78 is 0. The van der Waals surface area contributed by atoms with E-state index >= 15 is 0 Å². The van der Waals surface area contributed by atoms with E-state index in [0.29, 0.717) is 29.3 Å². The number of quaternary nitrogens is 1. The molecule has 0 radical (unpaired) electrons. The summed E-state index contributed by atoms with van der Waals surface area (Å²) in [7, 11) is 0. The summed E-state index contributed by atoms with van der Waals surface area (Å²) in [6.07, 6.45) is 1.80. The van der Waals surface area contributed by atoms with Crippen molar-refractivity contribution in [2.45, 2.75) is 19.4 Å². The molecule has 4 rings (SSSR count). The normalized spacial score (nSPS) is 20.0. The van der Waals surface area contributed by atoms with E-state index in [-0.39, 0.29) is 17.4 Å². The Hall–Kier alpha value is -2.22. The van der Waals surface area contributed by atoms with Crippen LogP contribution in [0.1, 0.15) is 18.7 Å². The molecule has 1 aliphatic rings. The minimum absolute atomic E-state index is 0.0950. The van der Waals surface area contributed by atoms with Crippen molar-refractivity contribution in [3.63, 3.8) is 0 Å². The van der Waals surface area contributed by atoms with Gasteiger partial charge in [0.15, 0.2) is 5.82 Å². The predicted octanol–water partition coefficient (Wildman–Crippen LogP) is 1.59. The lowest BCUT2D eigenvalue weighted by molar-refractivity contribution is -0.921. The molecule has 0 bridgehead atoms. The highest BCUT2D eigenvalue weighted by Crippen LogP contribution is 2.31. The van der Waals surface area contributed by atoms with E-state index in [9.17, 15) is 9.59 Å². The van der Waals surface area contributed by atoms with Crippen molar-refractivity contribution in [2.75, 3.05) is 13.1 Å². The van der Waals surface area contributed by atoms with Crippen LogP contribution in [0.4, 0.5) is 0 Å². The Bertz CT molecular complexity index is 1040. The van der Waals surface area contributed by atoms with Crippen molar-refractivity contribution in [3.05, 3.63) is 50.8 Å². The molecule has 140 valence electrons. The average molecular weight is 404 g/mol. The molecule has 2 atom stereocenters. The van der Waals surface area contributed by atoms with E-state index in [0.717, 1.165) is 35.3 Å². The highest BCUT2D eigenvalue weighted by molar-refractivity contribution is 7.17. The first-order valence-corrected chi connectivity index (χ1v) is 10.2. The number of amides is 1. The second-order valence-electron chi connectivity index (χ2n) is 6.97. The minimum atomic E-state index is -0.241. The molecule has 3 aromatic rings. The van der Waals surface area contributed by atoms with Crippen molar-refractivity contribution >= 4 is 39.1 Å². The standard InChI is InChI=1S/C19H19ClN4O2S/c20-13-5-3-11(4-6-13)14-10-27-19-16(14)18(26)22-15(23-19)9-24-7-1-2-12(8-24)17(21)25/h3-6,10,12H,1-2,7-9H2,(H2,21,25)(H,22,23,26)/p+1/t12-/m1/s1. The lowest BCUT2D eigenvalue weighted by atomic mass is 9.97. The number of nitrogens with zero attached hydrogens (tertiary/aromatic N) is 1. The number of carbonyl (C=O) groups excluding carboxylic acids is 1. The number of fused-ring (bicyclic) bond motifs is 1. The fraction of sp³-hybridized carbons (Fsp3) is 0.316.